The summed E-state index contributed by atoms with van der Waals surface area (Å²) in [6, 6.07) is 0.243. The minimum absolute atomic E-state index is 0.0577. The van der Waals surface area contributed by atoms with E-state index in [-0.39, 0.29) is 29.3 Å². The van der Waals surface area contributed by atoms with Crippen molar-refractivity contribution in [1.82, 2.24) is 10.6 Å². The Bertz CT molecular complexity index is 422. The summed E-state index contributed by atoms with van der Waals surface area (Å²) in [7, 11) is 0. The molecule has 2 aliphatic carbocycles. The Morgan fingerprint density at radius 2 is 1.62 bits per heavy atom. The molecule has 2 amide bonds. The van der Waals surface area contributed by atoms with Crippen molar-refractivity contribution in [2.45, 2.75) is 89.6 Å². The lowest BCUT2D eigenvalue weighted by Crippen LogP contribution is -2.51. The molecule has 5 nitrogen and oxygen atoms in total. The van der Waals surface area contributed by atoms with E-state index >= 15 is 0 Å². The van der Waals surface area contributed by atoms with Gasteiger partial charge in [0.2, 0.25) is 11.8 Å². The van der Waals surface area contributed by atoms with E-state index in [1.165, 1.54) is 32.1 Å². The highest BCUT2D eigenvalue weighted by Crippen LogP contribution is 2.28. The fourth-order valence-electron chi connectivity index (χ4n) is 3.93. The minimum Gasteiger partial charge on any atom is -0.353 e. The van der Waals surface area contributed by atoms with E-state index in [9.17, 15) is 9.59 Å². The molecule has 5 heteroatoms. The quantitative estimate of drug-likeness (QED) is 0.696. The van der Waals surface area contributed by atoms with Crippen molar-refractivity contribution < 1.29 is 9.59 Å². The summed E-state index contributed by atoms with van der Waals surface area (Å²) in [5.74, 6) is 0.957. The van der Waals surface area contributed by atoms with Gasteiger partial charge in [0.15, 0.2) is 0 Å². The molecule has 0 aromatic heterocycles. The fourth-order valence-corrected chi connectivity index (χ4v) is 3.93. The zero-order valence-corrected chi connectivity index (χ0v) is 15.4. The van der Waals surface area contributed by atoms with E-state index < -0.39 is 0 Å². The van der Waals surface area contributed by atoms with Gasteiger partial charge in [-0.25, -0.2) is 0 Å². The molecule has 0 aromatic carbocycles. The van der Waals surface area contributed by atoms with Gasteiger partial charge in [0.25, 0.3) is 0 Å². The van der Waals surface area contributed by atoms with Gasteiger partial charge >= 0.3 is 0 Å². The third-order valence-electron chi connectivity index (χ3n) is 5.63. The molecule has 0 aromatic rings. The predicted molar refractivity (Wildman–Crippen MR) is 96.4 cm³/mol. The Hall–Kier alpha value is -1.10. The summed E-state index contributed by atoms with van der Waals surface area (Å²) in [5, 5.41) is 6.23. The molecule has 4 N–H and O–H groups in total. The van der Waals surface area contributed by atoms with Crippen molar-refractivity contribution in [2.75, 3.05) is 6.54 Å². The number of nitrogens with one attached hydrogen (secondary N) is 2. The second-order valence-electron chi connectivity index (χ2n) is 8.40. The molecule has 2 rings (SSSR count). The normalized spacial score (nSPS) is 26.0. The summed E-state index contributed by atoms with van der Waals surface area (Å²) in [6.07, 6.45) is 10.5. The van der Waals surface area contributed by atoms with Crippen LogP contribution < -0.4 is 16.4 Å². The third-order valence-corrected chi connectivity index (χ3v) is 5.63. The van der Waals surface area contributed by atoms with E-state index in [1.54, 1.807) is 0 Å². The van der Waals surface area contributed by atoms with Crippen molar-refractivity contribution in [3.05, 3.63) is 0 Å². The van der Waals surface area contributed by atoms with E-state index in [1.807, 2.05) is 13.8 Å². The average Bonchev–Trinajstić information content (AvgIpc) is 2.56. The standard InChI is InChI=1S/C19H35N3O2/c1-19(2,13-20)22-18(24)15-8-10-16(11-9-15)21-17(23)12-14-6-4-3-5-7-14/h14-16H,3-13,20H2,1-2H3,(H,21,23)(H,22,24). The molecule has 0 heterocycles. The highest BCUT2D eigenvalue weighted by atomic mass is 16.2. The van der Waals surface area contributed by atoms with Crippen LogP contribution in [0.1, 0.15) is 78.1 Å². The lowest BCUT2D eigenvalue weighted by atomic mass is 9.84. The Kier molecular flexibility index (Phi) is 7.08. The van der Waals surface area contributed by atoms with E-state index in [4.69, 9.17) is 5.73 Å². The fraction of sp³-hybridized carbons (Fsp3) is 0.895. The molecule has 0 unspecified atom stereocenters. The van der Waals surface area contributed by atoms with Crippen LogP contribution in [-0.4, -0.2) is 29.9 Å². The molecular formula is C19H35N3O2. The molecule has 2 aliphatic rings. The lowest BCUT2D eigenvalue weighted by Gasteiger charge is -2.32. The zero-order chi connectivity index (χ0) is 17.6. The highest BCUT2D eigenvalue weighted by Gasteiger charge is 2.30. The van der Waals surface area contributed by atoms with Crippen LogP contribution in [0.15, 0.2) is 0 Å². The first-order chi connectivity index (χ1) is 11.4. The first-order valence-corrected chi connectivity index (χ1v) is 9.71. The summed E-state index contributed by atoms with van der Waals surface area (Å²) in [5.41, 5.74) is 5.33. The molecule has 0 spiro atoms. The number of hydrogen-bond donors (Lipinski definition) is 3. The van der Waals surface area contributed by atoms with Gasteiger partial charge in [0.1, 0.15) is 0 Å². The summed E-state index contributed by atoms with van der Waals surface area (Å²) < 4.78 is 0. The summed E-state index contributed by atoms with van der Waals surface area (Å²) in [6.45, 7) is 4.33. The Morgan fingerprint density at radius 3 is 2.21 bits per heavy atom. The molecule has 2 saturated carbocycles. The van der Waals surface area contributed by atoms with Crippen LogP contribution in [0, 0.1) is 11.8 Å². The van der Waals surface area contributed by atoms with Crippen LogP contribution in [0.5, 0.6) is 0 Å². The van der Waals surface area contributed by atoms with Crippen LogP contribution in [-0.2, 0) is 9.59 Å². The Morgan fingerprint density at radius 1 is 1.00 bits per heavy atom. The van der Waals surface area contributed by atoms with Gasteiger partial charge in [-0.3, -0.25) is 9.59 Å². The van der Waals surface area contributed by atoms with Crippen LogP contribution in [0.3, 0.4) is 0 Å². The number of rotatable bonds is 6. The van der Waals surface area contributed by atoms with E-state index in [2.05, 4.69) is 10.6 Å². The summed E-state index contributed by atoms with van der Waals surface area (Å²) >= 11 is 0. The first-order valence-electron chi connectivity index (χ1n) is 9.71. The van der Waals surface area contributed by atoms with Gasteiger partial charge in [-0.15, -0.1) is 0 Å². The van der Waals surface area contributed by atoms with Gasteiger partial charge < -0.3 is 16.4 Å². The molecule has 0 saturated heterocycles. The Labute approximate surface area is 146 Å². The number of carbonyl (C=O) groups is 2. The first kappa shape index (κ1) is 19.2. The van der Waals surface area contributed by atoms with Gasteiger partial charge in [-0.05, 0) is 58.3 Å². The number of carbonyl (C=O) groups excluding carboxylic acids is 2. The SMILES string of the molecule is CC(C)(CN)NC(=O)C1CCC(NC(=O)CC2CCCCC2)CC1. The molecule has 0 radical (unpaired) electrons. The number of nitrogens with two attached hydrogens (primary N) is 1. The number of amides is 2. The second kappa shape index (κ2) is 8.84. The molecule has 2 fully saturated rings. The maximum Gasteiger partial charge on any atom is 0.223 e. The maximum atomic E-state index is 12.3. The smallest absolute Gasteiger partial charge is 0.223 e. The summed E-state index contributed by atoms with van der Waals surface area (Å²) in [4.78, 5) is 24.5. The second-order valence-corrected chi connectivity index (χ2v) is 8.40. The zero-order valence-electron chi connectivity index (χ0n) is 15.4. The van der Waals surface area contributed by atoms with E-state index in [0.717, 1.165) is 25.7 Å². The van der Waals surface area contributed by atoms with Crippen LogP contribution >= 0.6 is 0 Å². The monoisotopic (exact) mass is 337 g/mol. The van der Waals surface area contributed by atoms with Crippen molar-refractivity contribution >= 4 is 11.8 Å². The molecule has 0 bridgehead atoms. The van der Waals surface area contributed by atoms with Gasteiger partial charge in [-0.2, -0.15) is 0 Å². The molecule has 0 aliphatic heterocycles. The lowest BCUT2D eigenvalue weighted by molar-refractivity contribution is -0.127. The van der Waals surface area contributed by atoms with Crippen LogP contribution in [0.4, 0.5) is 0 Å². The van der Waals surface area contributed by atoms with Crippen molar-refractivity contribution in [1.29, 1.82) is 0 Å². The van der Waals surface area contributed by atoms with Crippen LogP contribution in [0.25, 0.3) is 0 Å². The molecular weight excluding hydrogens is 302 g/mol. The average molecular weight is 338 g/mol. The van der Waals surface area contributed by atoms with E-state index in [0.29, 0.717) is 18.9 Å². The molecule has 24 heavy (non-hydrogen) atoms. The van der Waals surface area contributed by atoms with Gasteiger partial charge in [0.05, 0.1) is 0 Å². The van der Waals surface area contributed by atoms with Crippen molar-refractivity contribution in [2.24, 2.45) is 17.6 Å². The minimum atomic E-state index is -0.345. The van der Waals surface area contributed by atoms with Crippen molar-refractivity contribution in [3.63, 3.8) is 0 Å². The van der Waals surface area contributed by atoms with Gasteiger partial charge in [0, 0.05) is 30.5 Å². The number of hydrogen-bond acceptors (Lipinski definition) is 3. The predicted octanol–water partition coefficient (Wildman–Crippen LogP) is 2.49. The third kappa shape index (κ3) is 6.08. The van der Waals surface area contributed by atoms with Crippen LogP contribution in [0.2, 0.25) is 0 Å². The van der Waals surface area contributed by atoms with Gasteiger partial charge in [-0.1, -0.05) is 19.3 Å². The largest absolute Gasteiger partial charge is 0.353 e. The topological polar surface area (TPSA) is 84.2 Å². The molecule has 0 atom stereocenters. The maximum absolute atomic E-state index is 12.3. The highest BCUT2D eigenvalue weighted by molar-refractivity contribution is 5.79. The van der Waals surface area contributed by atoms with Crippen molar-refractivity contribution in [3.8, 4) is 0 Å². The Balaban J connectivity index is 1.68. The molecule has 138 valence electrons.